The number of carbonyl (C=O) groups excluding carboxylic acids is 2. The number of carboxylic acid groups (broad SMARTS) is 1. The van der Waals surface area contributed by atoms with Gasteiger partial charge in [-0.15, -0.1) is 11.8 Å². The standard InChI is InChI=1S/C19H20N4O4S3/c20-12-4-2-1-3-10(12)7-13(24)22-14-16(25)23-15(18(26)27)11(8-29-17(14)23)9-30-19-21-5-6-28-19/h1-4,14,17H,5-9,20H2,(H,22,24)(H,26,27)/t14?,17-/m1/s1. The number of thioether (sulfide) groups is 3. The van der Waals surface area contributed by atoms with Gasteiger partial charge in [-0.3, -0.25) is 19.5 Å². The first kappa shape index (κ1) is 21.1. The second-order valence-electron chi connectivity index (χ2n) is 6.87. The number of β-lactam (4-membered cyclic amide) rings is 1. The van der Waals surface area contributed by atoms with Gasteiger partial charge in [0, 0.05) is 22.9 Å². The van der Waals surface area contributed by atoms with E-state index >= 15 is 0 Å². The number of nitrogens with zero attached hydrogens (tertiary/aromatic N) is 2. The minimum Gasteiger partial charge on any atom is -0.477 e. The number of rotatable bonds is 6. The van der Waals surface area contributed by atoms with Gasteiger partial charge in [0.1, 0.15) is 21.5 Å². The Bertz CT molecular complexity index is 965. The fourth-order valence-corrected chi connectivity index (χ4v) is 6.93. The van der Waals surface area contributed by atoms with E-state index < -0.39 is 23.3 Å². The number of hydrogen-bond acceptors (Lipinski definition) is 8. The summed E-state index contributed by atoms with van der Waals surface area (Å²) >= 11 is 4.65. The van der Waals surface area contributed by atoms with E-state index in [0.29, 0.717) is 28.3 Å². The number of nitrogens with one attached hydrogen (secondary N) is 1. The highest BCUT2D eigenvalue weighted by molar-refractivity contribution is 8.39. The molecule has 0 saturated carbocycles. The van der Waals surface area contributed by atoms with E-state index in [4.69, 9.17) is 5.73 Å². The smallest absolute Gasteiger partial charge is 0.352 e. The summed E-state index contributed by atoms with van der Waals surface area (Å²) in [6.07, 6.45) is 0.0666. The maximum atomic E-state index is 12.7. The molecule has 1 fully saturated rings. The van der Waals surface area contributed by atoms with Gasteiger partial charge in [-0.1, -0.05) is 41.7 Å². The molecule has 0 bridgehead atoms. The van der Waals surface area contributed by atoms with Crippen LogP contribution in [0.25, 0.3) is 0 Å². The number of hydrogen-bond donors (Lipinski definition) is 3. The molecule has 0 radical (unpaired) electrons. The summed E-state index contributed by atoms with van der Waals surface area (Å²) in [6, 6.07) is 6.34. The van der Waals surface area contributed by atoms with Crippen molar-refractivity contribution in [1.82, 2.24) is 10.2 Å². The van der Waals surface area contributed by atoms with Gasteiger partial charge < -0.3 is 16.2 Å². The van der Waals surface area contributed by atoms with Crippen LogP contribution in [0.1, 0.15) is 5.56 Å². The molecule has 158 valence electrons. The van der Waals surface area contributed by atoms with Gasteiger partial charge in [0.05, 0.1) is 13.0 Å². The second kappa shape index (κ2) is 8.94. The molecule has 1 aromatic rings. The summed E-state index contributed by atoms with van der Waals surface area (Å²) in [5.41, 5.74) is 7.83. The van der Waals surface area contributed by atoms with E-state index in [1.54, 1.807) is 36.0 Å². The van der Waals surface area contributed by atoms with Gasteiger partial charge >= 0.3 is 5.97 Å². The van der Waals surface area contributed by atoms with Crippen molar-refractivity contribution in [2.24, 2.45) is 4.99 Å². The Balaban J connectivity index is 1.42. The normalized spacial score (nSPS) is 23.0. The summed E-state index contributed by atoms with van der Waals surface area (Å²) < 4.78 is 0.958. The Kier molecular flexibility index (Phi) is 6.30. The Labute approximate surface area is 186 Å². The highest BCUT2D eigenvalue weighted by Gasteiger charge is 2.54. The lowest BCUT2D eigenvalue weighted by Crippen LogP contribution is -2.70. The number of anilines is 1. The molecule has 2 amide bonds. The predicted molar refractivity (Wildman–Crippen MR) is 121 cm³/mol. The lowest BCUT2D eigenvalue weighted by Gasteiger charge is -2.49. The Morgan fingerprint density at radius 2 is 2.17 bits per heavy atom. The summed E-state index contributed by atoms with van der Waals surface area (Å²) in [4.78, 5) is 42.7. The molecule has 1 saturated heterocycles. The number of fused-ring (bicyclic) bond motifs is 1. The van der Waals surface area contributed by atoms with Crippen molar-refractivity contribution in [3.8, 4) is 0 Å². The van der Waals surface area contributed by atoms with Crippen LogP contribution in [-0.2, 0) is 20.8 Å². The second-order valence-corrected chi connectivity index (χ2v) is 10.3. The first-order valence-corrected chi connectivity index (χ1v) is 12.3. The van der Waals surface area contributed by atoms with Crippen LogP contribution in [0, 0.1) is 0 Å². The van der Waals surface area contributed by atoms with E-state index in [0.717, 1.165) is 16.7 Å². The Hall–Kier alpha value is -2.11. The van der Waals surface area contributed by atoms with Crippen molar-refractivity contribution in [2.75, 3.05) is 29.5 Å². The minimum atomic E-state index is -1.12. The minimum absolute atomic E-state index is 0.0395. The average molecular weight is 465 g/mol. The van der Waals surface area contributed by atoms with Gasteiger partial charge in [0.15, 0.2) is 0 Å². The highest BCUT2D eigenvalue weighted by Crippen LogP contribution is 2.41. The quantitative estimate of drug-likeness (QED) is 0.426. The van der Waals surface area contributed by atoms with Gasteiger partial charge in [-0.25, -0.2) is 4.79 Å². The van der Waals surface area contributed by atoms with Gasteiger partial charge in [-0.2, -0.15) is 0 Å². The average Bonchev–Trinajstić information content (AvgIpc) is 3.25. The zero-order valence-corrected chi connectivity index (χ0v) is 18.3. The summed E-state index contributed by atoms with van der Waals surface area (Å²) in [5, 5.41) is 12.1. The molecule has 3 aliphatic heterocycles. The number of benzene rings is 1. The number of para-hydroxylation sites is 1. The van der Waals surface area contributed by atoms with Crippen LogP contribution in [0.15, 0.2) is 40.5 Å². The van der Waals surface area contributed by atoms with Crippen molar-refractivity contribution in [3.05, 3.63) is 41.1 Å². The molecule has 1 aromatic carbocycles. The molecule has 3 aliphatic rings. The number of aliphatic carboxylic acids is 1. The van der Waals surface area contributed by atoms with Crippen molar-refractivity contribution < 1.29 is 19.5 Å². The van der Waals surface area contributed by atoms with Gasteiger partial charge in [0.2, 0.25) is 5.91 Å². The van der Waals surface area contributed by atoms with Crippen LogP contribution in [0.2, 0.25) is 0 Å². The molecular formula is C19H20N4O4S3. The third-order valence-electron chi connectivity index (χ3n) is 4.90. The van der Waals surface area contributed by atoms with Crippen LogP contribution < -0.4 is 11.1 Å². The first-order valence-electron chi connectivity index (χ1n) is 9.28. The third-order valence-corrected chi connectivity index (χ3v) is 8.58. The first-order chi connectivity index (χ1) is 14.5. The van der Waals surface area contributed by atoms with E-state index in [-0.39, 0.29) is 18.0 Å². The molecule has 30 heavy (non-hydrogen) atoms. The van der Waals surface area contributed by atoms with Crippen LogP contribution in [0.4, 0.5) is 5.69 Å². The summed E-state index contributed by atoms with van der Waals surface area (Å²) in [5.74, 6) is 0.108. The zero-order valence-electron chi connectivity index (χ0n) is 15.9. The summed E-state index contributed by atoms with van der Waals surface area (Å²) in [6.45, 7) is 0.787. The maximum absolute atomic E-state index is 12.7. The van der Waals surface area contributed by atoms with Crippen molar-refractivity contribution in [2.45, 2.75) is 17.8 Å². The van der Waals surface area contributed by atoms with E-state index in [9.17, 15) is 19.5 Å². The molecule has 4 N–H and O–H groups in total. The number of nitrogen functional groups attached to an aromatic ring is 1. The van der Waals surface area contributed by atoms with Gasteiger partial charge in [-0.05, 0) is 17.2 Å². The van der Waals surface area contributed by atoms with Crippen LogP contribution in [0.5, 0.6) is 0 Å². The van der Waals surface area contributed by atoms with Gasteiger partial charge in [0.25, 0.3) is 5.91 Å². The molecule has 0 aliphatic carbocycles. The predicted octanol–water partition coefficient (Wildman–Crippen LogP) is 1.39. The number of carboxylic acids is 1. The number of nitrogens with two attached hydrogens (primary N) is 1. The number of aliphatic imine (C=N–C) groups is 1. The topological polar surface area (TPSA) is 125 Å². The molecule has 11 heteroatoms. The van der Waals surface area contributed by atoms with Crippen LogP contribution in [0.3, 0.4) is 0 Å². The highest BCUT2D eigenvalue weighted by atomic mass is 32.2. The number of carbonyl (C=O) groups is 3. The lowest BCUT2D eigenvalue weighted by atomic mass is 10.0. The third kappa shape index (κ3) is 4.19. The molecule has 4 rings (SSSR count). The Morgan fingerprint density at radius 3 is 2.87 bits per heavy atom. The van der Waals surface area contributed by atoms with Crippen LogP contribution in [-0.4, -0.2) is 67.4 Å². The fraction of sp³-hybridized carbons (Fsp3) is 0.368. The van der Waals surface area contributed by atoms with E-state index in [1.165, 1.54) is 28.4 Å². The molecule has 0 aromatic heterocycles. The van der Waals surface area contributed by atoms with Crippen LogP contribution >= 0.6 is 35.3 Å². The summed E-state index contributed by atoms with van der Waals surface area (Å²) in [7, 11) is 0. The molecule has 8 nitrogen and oxygen atoms in total. The molecule has 0 spiro atoms. The van der Waals surface area contributed by atoms with E-state index in [2.05, 4.69) is 10.3 Å². The SMILES string of the molecule is Nc1ccccc1CC(=O)NC1C(=O)N2C(C(=O)O)=C(CSC3=NCCS3)CS[C@H]12. The molecule has 1 unspecified atom stereocenters. The largest absolute Gasteiger partial charge is 0.477 e. The van der Waals surface area contributed by atoms with Crippen molar-refractivity contribution in [3.63, 3.8) is 0 Å². The fourth-order valence-electron chi connectivity index (χ4n) is 3.44. The van der Waals surface area contributed by atoms with E-state index in [1.807, 2.05) is 0 Å². The monoisotopic (exact) mass is 464 g/mol. The Morgan fingerprint density at radius 1 is 1.37 bits per heavy atom. The van der Waals surface area contributed by atoms with Crippen molar-refractivity contribution in [1.29, 1.82) is 0 Å². The molecule has 3 heterocycles. The van der Waals surface area contributed by atoms with Crippen molar-refractivity contribution >= 4 is 63.1 Å². The molecular weight excluding hydrogens is 444 g/mol. The maximum Gasteiger partial charge on any atom is 0.352 e. The molecule has 2 atom stereocenters. The number of amides is 2. The lowest BCUT2D eigenvalue weighted by molar-refractivity contribution is -0.150. The zero-order chi connectivity index (χ0) is 21.3.